The van der Waals surface area contributed by atoms with E-state index < -0.39 is 26.6 Å². The van der Waals surface area contributed by atoms with E-state index in [-0.39, 0.29) is 12.5 Å². The Bertz CT molecular complexity index is 1200. The normalized spacial score (nSPS) is 14.4. The zero-order chi connectivity index (χ0) is 47.8. The molecular formula is C56H107N2O6P. The van der Waals surface area contributed by atoms with E-state index in [2.05, 4.69) is 55.6 Å². The number of allylic oxidation sites excluding steroid dienone is 7. The zero-order valence-corrected chi connectivity index (χ0v) is 44.3. The Morgan fingerprint density at radius 2 is 0.908 bits per heavy atom. The van der Waals surface area contributed by atoms with Crippen LogP contribution in [0.1, 0.15) is 251 Å². The minimum absolute atomic E-state index is 0.00610. The van der Waals surface area contributed by atoms with Gasteiger partial charge >= 0.3 is 0 Å². The summed E-state index contributed by atoms with van der Waals surface area (Å²) >= 11 is 0. The third kappa shape index (κ3) is 50.2. The van der Waals surface area contributed by atoms with E-state index in [1.54, 1.807) is 6.08 Å². The molecule has 3 atom stereocenters. The van der Waals surface area contributed by atoms with Gasteiger partial charge in [-0.1, -0.05) is 229 Å². The summed E-state index contributed by atoms with van der Waals surface area (Å²) in [6, 6.07) is -0.901. The number of aliphatic hydroxyl groups excluding tert-OH is 1. The lowest BCUT2D eigenvalue weighted by atomic mass is 10.0. The number of phosphoric acid groups is 1. The molecule has 9 heteroatoms. The van der Waals surface area contributed by atoms with Crippen LogP contribution >= 0.6 is 7.82 Å². The van der Waals surface area contributed by atoms with Gasteiger partial charge in [-0.05, 0) is 64.2 Å². The second-order valence-electron chi connectivity index (χ2n) is 19.9. The third-order valence-electron chi connectivity index (χ3n) is 12.3. The molecule has 0 radical (unpaired) electrons. The Balaban J connectivity index is 4.05. The fourth-order valence-corrected chi connectivity index (χ4v) is 8.63. The molecule has 0 fully saturated rings. The van der Waals surface area contributed by atoms with Crippen molar-refractivity contribution >= 4 is 13.7 Å². The maximum atomic E-state index is 12.9. The van der Waals surface area contributed by atoms with Crippen molar-refractivity contribution in [3.8, 4) is 0 Å². The van der Waals surface area contributed by atoms with Crippen LogP contribution < -0.4 is 10.2 Å². The lowest BCUT2D eigenvalue weighted by Gasteiger charge is -2.29. The summed E-state index contributed by atoms with van der Waals surface area (Å²) in [5.41, 5.74) is 0. The number of amides is 1. The van der Waals surface area contributed by atoms with Gasteiger partial charge in [0.25, 0.3) is 7.82 Å². The van der Waals surface area contributed by atoms with Gasteiger partial charge in [0.1, 0.15) is 13.2 Å². The van der Waals surface area contributed by atoms with Gasteiger partial charge in [-0.2, -0.15) is 0 Å². The number of carbonyl (C=O) groups is 1. The van der Waals surface area contributed by atoms with Crippen molar-refractivity contribution in [1.29, 1.82) is 0 Å². The Kier molecular flexibility index (Phi) is 46.4. The van der Waals surface area contributed by atoms with Crippen LogP contribution in [0.4, 0.5) is 0 Å². The summed E-state index contributed by atoms with van der Waals surface area (Å²) < 4.78 is 23.2. The van der Waals surface area contributed by atoms with E-state index in [1.807, 2.05) is 27.2 Å². The largest absolute Gasteiger partial charge is 0.756 e. The fraction of sp³-hybridized carbons (Fsp3) is 0.839. The first-order valence-electron chi connectivity index (χ1n) is 27.5. The van der Waals surface area contributed by atoms with Gasteiger partial charge in [-0.15, -0.1) is 0 Å². The molecule has 8 nitrogen and oxygen atoms in total. The third-order valence-corrected chi connectivity index (χ3v) is 13.2. The lowest BCUT2D eigenvalue weighted by Crippen LogP contribution is -2.45. The lowest BCUT2D eigenvalue weighted by molar-refractivity contribution is -0.870. The van der Waals surface area contributed by atoms with Gasteiger partial charge in [0, 0.05) is 6.42 Å². The van der Waals surface area contributed by atoms with Gasteiger partial charge in [-0.3, -0.25) is 9.36 Å². The number of nitrogens with one attached hydrogen (secondary N) is 1. The molecule has 2 N–H and O–H groups in total. The van der Waals surface area contributed by atoms with Crippen molar-refractivity contribution in [2.75, 3.05) is 40.9 Å². The molecule has 1 amide bonds. The van der Waals surface area contributed by atoms with Crippen molar-refractivity contribution in [3.63, 3.8) is 0 Å². The molecule has 382 valence electrons. The average Bonchev–Trinajstić information content (AvgIpc) is 3.26. The van der Waals surface area contributed by atoms with Gasteiger partial charge < -0.3 is 28.8 Å². The number of quaternary nitrogens is 1. The second-order valence-corrected chi connectivity index (χ2v) is 21.3. The van der Waals surface area contributed by atoms with Crippen molar-refractivity contribution < 1.29 is 32.9 Å². The summed E-state index contributed by atoms with van der Waals surface area (Å²) in [5.74, 6) is -0.206. The molecule has 0 spiro atoms. The van der Waals surface area contributed by atoms with Crippen LogP contribution in [-0.2, 0) is 18.4 Å². The van der Waals surface area contributed by atoms with E-state index in [4.69, 9.17) is 9.05 Å². The Morgan fingerprint density at radius 1 is 0.538 bits per heavy atom. The van der Waals surface area contributed by atoms with Crippen molar-refractivity contribution in [2.45, 2.75) is 264 Å². The molecule has 0 aliphatic heterocycles. The minimum atomic E-state index is -4.60. The number of carbonyl (C=O) groups excluding carboxylic acids is 1. The molecule has 3 unspecified atom stereocenters. The number of unbranched alkanes of at least 4 members (excludes halogenated alkanes) is 31. The van der Waals surface area contributed by atoms with Gasteiger partial charge in [0.2, 0.25) is 5.91 Å². The number of phosphoric ester groups is 1. The van der Waals surface area contributed by atoms with Crippen LogP contribution in [-0.4, -0.2) is 68.5 Å². The number of nitrogens with zero attached hydrogens (tertiary/aromatic N) is 1. The first-order chi connectivity index (χ1) is 31.5. The topological polar surface area (TPSA) is 108 Å². The monoisotopic (exact) mass is 935 g/mol. The summed E-state index contributed by atoms with van der Waals surface area (Å²) in [6.07, 6.45) is 62.0. The molecule has 0 aliphatic carbocycles. The van der Waals surface area contributed by atoms with Crippen LogP contribution in [0.2, 0.25) is 0 Å². The standard InChI is InChI=1S/C56H107N2O6P/c1-6-8-10-12-14-16-18-20-21-22-23-24-25-26-27-28-29-30-31-32-33-34-35-36-37-38-40-42-44-46-48-50-56(60)57-54(53-64-65(61,62)63-52-51-58(3,4)5)55(59)49-47-45-43-41-39-19-17-15-13-11-9-7-2/h18,20,22-23,39,41,47,49,54-55,59H,6-17,19,21,24-38,40,42-46,48,50-53H2,1-5H3,(H-,57,60,61,62)/b20-18-,23-22-,41-39+,49-47+. The van der Waals surface area contributed by atoms with Crippen LogP contribution in [0.25, 0.3) is 0 Å². The van der Waals surface area contributed by atoms with Gasteiger partial charge in [-0.25, -0.2) is 0 Å². The molecular weight excluding hydrogens is 828 g/mol. The molecule has 0 rings (SSSR count). The molecule has 0 aliphatic rings. The maximum absolute atomic E-state index is 12.9. The average molecular weight is 935 g/mol. The van der Waals surface area contributed by atoms with Crippen molar-refractivity contribution in [1.82, 2.24) is 5.32 Å². The molecule has 0 aromatic carbocycles. The number of likely N-dealkylation sites (N-methyl/N-ethyl adjacent to an activating group) is 1. The van der Waals surface area contributed by atoms with Crippen molar-refractivity contribution in [3.05, 3.63) is 48.6 Å². The number of hydrogen-bond acceptors (Lipinski definition) is 6. The van der Waals surface area contributed by atoms with E-state index in [0.29, 0.717) is 17.4 Å². The fourth-order valence-electron chi connectivity index (χ4n) is 7.91. The molecule has 0 saturated heterocycles. The van der Waals surface area contributed by atoms with E-state index >= 15 is 0 Å². The van der Waals surface area contributed by atoms with Crippen LogP contribution in [0.15, 0.2) is 48.6 Å². The smallest absolute Gasteiger partial charge is 0.268 e. The summed E-state index contributed by atoms with van der Waals surface area (Å²) in [5, 5.41) is 13.8. The molecule has 65 heavy (non-hydrogen) atoms. The quantitative estimate of drug-likeness (QED) is 0.0272. The van der Waals surface area contributed by atoms with E-state index in [9.17, 15) is 19.4 Å². The summed E-state index contributed by atoms with van der Waals surface area (Å²) in [4.78, 5) is 25.4. The maximum Gasteiger partial charge on any atom is 0.268 e. The van der Waals surface area contributed by atoms with Gasteiger partial charge in [0.15, 0.2) is 0 Å². The molecule has 0 aromatic heterocycles. The van der Waals surface area contributed by atoms with E-state index in [0.717, 1.165) is 44.9 Å². The Labute approximate surface area is 403 Å². The SMILES string of the molecule is CCCCCCC/C=C\C/C=C\CCCCCCCCCCCCCCCCCCCCCC(=O)NC(COP(=O)([O-])OCC[N+](C)(C)C)C(O)/C=C/CC/C=C/CCCCCCCC. The van der Waals surface area contributed by atoms with Crippen LogP contribution in [0, 0.1) is 0 Å². The number of rotatable bonds is 50. The van der Waals surface area contributed by atoms with E-state index in [1.165, 1.54) is 186 Å². The van der Waals surface area contributed by atoms with Crippen LogP contribution in [0.3, 0.4) is 0 Å². The first kappa shape index (κ1) is 63.5. The van der Waals surface area contributed by atoms with Gasteiger partial charge in [0.05, 0.1) is 39.9 Å². The molecule has 0 bridgehead atoms. The minimum Gasteiger partial charge on any atom is -0.756 e. The first-order valence-corrected chi connectivity index (χ1v) is 29.0. The Morgan fingerprint density at radius 3 is 1.34 bits per heavy atom. The summed E-state index contributed by atoms with van der Waals surface area (Å²) in [6.45, 7) is 4.61. The van der Waals surface area contributed by atoms with Crippen LogP contribution in [0.5, 0.6) is 0 Å². The second kappa shape index (κ2) is 47.5. The molecule has 0 heterocycles. The number of hydrogen-bond donors (Lipinski definition) is 2. The highest BCUT2D eigenvalue weighted by Gasteiger charge is 2.23. The summed E-state index contributed by atoms with van der Waals surface area (Å²) in [7, 11) is 1.25. The predicted octanol–water partition coefficient (Wildman–Crippen LogP) is 15.7. The molecule has 0 saturated carbocycles. The highest BCUT2D eigenvalue weighted by Crippen LogP contribution is 2.38. The predicted molar refractivity (Wildman–Crippen MR) is 279 cm³/mol. The van der Waals surface area contributed by atoms with Crippen molar-refractivity contribution in [2.24, 2.45) is 0 Å². The highest BCUT2D eigenvalue weighted by atomic mass is 31.2. The molecule has 0 aromatic rings. The Hall–Kier alpha value is -1.54. The zero-order valence-electron chi connectivity index (χ0n) is 43.4. The number of aliphatic hydroxyl groups is 1. The highest BCUT2D eigenvalue weighted by molar-refractivity contribution is 7.45.